The number of fused-ring (bicyclic) bond motifs is 1. The van der Waals surface area contributed by atoms with Gasteiger partial charge in [0.05, 0.1) is 21.8 Å². The van der Waals surface area contributed by atoms with Crippen molar-refractivity contribution < 1.29 is 41.4 Å². The van der Waals surface area contributed by atoms with Crippen LogP contribution in [0.1, 0.15) is 34.5 Å². The number of carboxylic acid groups (broad SMARTS) is 1. The highest BCUT2D eigenvalue weighted by Crippen LogP contribution is 2.32. The molecule has 3 heterocycles. The quantitative estimate of drug-likeness (QED) is 0.299. The Labute approximate surface area is 258 Å². The van der Waals surface area contributed by atoms with E-state index >= 15 is 0 Å². The molecule has 0 spiro atoms. The highest BCUT2D eigenvalue weighted by atomic mass is 32.2. The third-order valence-corrected chi connectivity index (χ3v) is 9.36. The van der Waals surface area contributed by atoms with Gasteiger partial charge in [-0.05, 0) is 51.2 Å². The number of sulfonamides is 1. The van der Waals surface area contributed by atoms with E-state index in [0.717, 1.165) is 17.1 Å². The summed E-state index contributed by atoms with van der Waals surface area (Å²) in [6, 6.07) is 6.96. The molecule has 0 unspecified atom stereocenters. The van der Waals surface area contributed by atoms with Gasteiger partial charge in [0.1, 0.15) is 24.0 Å². The summed E-state index contributed by atoms with van der Waals surface area (Å²) in [5.74, 6) is -2.33. The van der Waals surface area contributed by atoms with E-state index in [2.05, 4.69) is 15.7 Å². The van der Waals surface area contributed by atoms with Gasteiger partial charge >= 0.3 is 6.09 Å². The summed E-state index contributed by atoms with van der Waals surface area (Å²) >= 11 is 0. The van der Waals surface area contributed by atoms with Crippen LogP contribution in [-0.2, 0) is 27.7 Å². The Bertz CT molecular complexity index is 1670. The first-order chi connectivity index (χ1) is 21.4. The molecule has 3 N–H and O–H groups in total. The summed E-state index contributed by atoms with van der Waals surface area (Å²) < 4.78 is 67.3. The number of rotatable bonds is 10. The van der Waals surface area contributed by atoms with Crippen LogP contribution in [0.4, 0.5) is 25.1 Å². The highest BCUT2D eigenvalue weighted by Gasteiger charge is 2.35. The standard InChI is InChI=1S/C29H34F2N6O7S/c1-35(2)9-12-44-21-3-4-23(25(16-21)32-20-6-10-43-11-7-20)28(38)33-27-24-17-36(8-5-26(24)37(34-27)29(39)40)45(41,42)22-14-18(30)13-19(31)15-22/h3-4,13-16,20,32H,5-12,17H2,1-2H3,(H,39,40)(H,33,34,38). The largest absolute Gasteiger partial charge is 0.492 e. The van der Waals surface area contributed by atoms with Crippen molar-refractivity contribution in [3.8, 4) is 5.75 Å². The fourth-order valence-electron chi connectivity index (χ4n) is 5.20. The van der Waals surface area contributed by atoms with Crippen molar-refractivity contribution in [1.29, 1.82) is 0 Å². The second-order valence-electron chi connectivity index (χ2n) is 11.0. The fourth-order valence-corrected chi connectivity index (χ4v) is 6.65. The Kier molecular flexibility index (Phi) is 9.67. The zero-order valence-corrected chi connectivity index (χ0v) is 25.6. The number of ether oxygens (including phenoxy) is 2. The van der Waals surface area contributed by atoms with Gasteiger partial charge < -0.3 is 30.1 Å². The predicted octanol–water partition coefficient (Wildman–Crippen LogP) is 3.22. The Morgan fingerprint density at radius 1 is 1.13 bits per heavy atom. The average molecular weight is 649 g/mol. The number of hydrogen-bond acceptors (Lipinski definition) is 9. The van der Waals surface area contributed by atoms with Crippen molar-refractivity contribution in [3.05, 3.63) is 64.9 Å². The topological polar surface area (TPSA) is 155 Å². The lowest BCUT2D eigenvalue weighted by molar-refractivity contribution is 0.0904. The maximum absolute atomic E-state index is 13.9. The van der Waals surface area contributed by atoms with Gasteiger partial charge in [-0.15, -0.1) is 5.10 Å². The number of nitrogens with one attached hydrogen (secondary N) is 2. The molecule has 2 aliphatic rings. The van der Waals surface area contributed by atoms with Crippen molar-refractivity contribution in [2.24, 2.45) is 0 Å². The zero-order chi connectivity index (χ0) is 32.3. The second-order valence-corrected chi connectivity index (χ2v) is 12.9. The number of carbonyl (C=O) groups excluding carboxylic acids is 1. The first-order valence-corrected chi connectivity index (χ1v) is 15.7. The molecule has 16 heteroatoms. The number of nitrogens with zero attached hydrogens (tertiary/aromatic N) is 4. The molecule has 1 aromatic heterocycles. The average Bonchev–Trinajstić information content (AvgIpc) is 3.35. The van der Waals surface area contributed by atoms with Crippen LogP contribution in [0.2, 0.25) is 0 Å². The molecule has 0 bridgehead atoms. The SMILES string of the molecule is CN(C)CCOc1ccc(C(=O)Nc2nn(C(=O)O)c3c2CN(S(=O)(=O)c2cc(F)cc(F)c2)CC3)c(NC2CCOCC2)c1. The van der Waals surface area contributed by atoms with Crippen molar-refractivity contribution in [1.82, 2.24) is 19.0 Å². The van der Waals surface area contributed by atoms with Crippen LogP contribution < -0.4 is 15.4 Å². The number of likely N-dealkylation sites (N-methyl/N-ethyl adjacent to an activating group) is 1. The summed E-state index contributed by atoms with van der Waals surface area (Å²) in [5, 5.41) is 19.9. The fraction of sp³-hybridized carbons (Fsp3) is 0.414. The first-order valence-electron chi connectivity index (χ1n) is 14.3. The van der Waals surface area contributed by atoms with Crippen LogP contribution in [0, 0.1) is 11.6 Å². The summed E-state index contributed by atoms with van der Waals surface area (Å²) in [6.07, 6.45) is -0.0423. The van der Waals surface area contributed by atoms with E-state index in [4.69, 9.17) is 9.47 Å². The van der Waals surface area contributed by atoms with Crippen molar-refractivity contribution >= 4 is 33.5 Å². The van der Waals surface area contributed by atoms with Crippen LogP contribution in [0.5, 0.6) is 5.75 Å². The third kappa shape index (κ3) is 7.41. The molecule has 1 amide bonds. The van der Waals surface area contributed by atoms with Gasteiger partial charge in [0.2, 0.25) is 10.0 Å². The molecule has 13 nitrogen and oxygen atoms in total. The number of hydrogen-bond donors (Lipinski definition) is 3. The van der Waals surface area contributed by atoms with Crippen LogP contribution in [0.15, 0.2) is 41.3 Å². The monoisotopic (exact) mass is 648 g/mol. The Balaban J connectivity index is 1.44. The lowest BCUT2D eigenvalue weighted by Gasteiger charge is -2.27. The lowest BCUT2D eigenvalue weighted by Crippen LogP contribution is -2.37. The molecule has 0 atom stereocenters. The van der Waals surface area contributed by atoms with E-state index in [1.54, 1.807) is 18.2 Å². The first kappa shape index (κ1) is 32.3. The third-order valence-electron chi connectivity index (χ3n) is 7.53. The zero-order valence-electron chi connectivity index (χ0n) is 24.8. The van der Waals surface area contributed by atoms with Crippen molar-refractivity contribution in [2.45, 2.75) is 36.7 Å². The van der Waals surface area contributed by atoms with Gasteiger partial charge in [-0.3, -0.25) is 4.79 Å². The molecular weight excluding hydrogens is 614 g/mol. The molecule has 1 fully saturated rings. The Morgan fingerprint density at radius 2 is 1.84 bits per heavy atom. The molecule has 0 radical (unpaired) electrons. The number of amides is 1. The molecule has 2 aromatic carbocycles. The number of halogens is 2. The predicted molar refractivity (Wildman–Crippen MR) is 159 cm³/mol. The highest BCUT2D eigenvalue weighted by molar-refractivity contribution is 7.89. The molecule has 2 aliphatic heterocycles. The van der Waals surface area contributed by atoms with Crippen LogP contribution in [-0.4, -0.2) is 97.6 Å². The van der Waals surface area contributed by atoms with E-state index in [1.165, 1.54) is 0 Å². The van der Waals surface area contributed by atoms with E-state index < -0.39 is 38.6 Å². The van der Waals surface area contributed by atoms with Crippen LogP contribution in [0.3, 0.4) is 0 Å². The smallest absolute Gasteiger partial charge is 0.432 e. The molecular formula is C29H34F2N6O7S. The molecule has 0 saturated carbocycles. The van der Waals surface area contributed by atoms with E-state index in [1.807, 2.05) is 19.0 Å². The molecule has 3 aromatic rings. The van der Waals surface area contributed by atoms with Gasteiger partial charge in [0, 0.05) is 63.0 Å². The summed E-state index contributed by atoms with van der Waals surface area (Å²) in [7, 11) is -0.529. The van der Waals surface area contributed by atoms with E-state index in [0.29, 0.717) is 60.7 Å². The summed E-state index contributed by atoms with van der Waals surface area (Å²) in [6.45, 7) is 1.69. The number of aromatic nitrogens is 2. The van der Waals surface area contributed by atoms with E-state index in [-0.39, 0.29) is 48.2 Å². The minimum Gasteiger partial charge on any atom is -0.492 e. The lowest BCUT2D eigenvalue weighted by atomic mass is 10.1. The van der Waals surface area contributed by atoms with Crippen LogP contribution in [0.25, 0.3) is 0 Å². The Hall–Kier alpha value is -4.12. The molecule has 5 rings (SSSR count). The maximum atomic E-state index is 13.9. The Morgan fingerprint density at radius 3 is 2.51 bits per heavy atom. The minimum absolute atomic E-state index is 0.0349. The molecule has 0 aliphatic carbocycles. The second kappa shape index (κ2) is 13.5. The minimum atomic E-state index is -4.38. The van der Waals surface area contributed by atoms with Crippen molar-refractivity contribution in [2.75, 3.05) is 57.6 Å². The van der Waals surface area contributed by atoms with E-state index in [9.17, 15) is 31.9 Å². The normalized spacial score (nSPS) is 15.9. The van der Waals surface area contributed by atoms with Gasteiger partial charge in [-0.2, -0.15) is 8.99 Å². The number of anilines is 2. The maximum Gasteiger partial charge on any atom is 0.432 e. The van der Waals surface area contributed by atoms with Gasteiger partial charge in [0.25, 0.3) is 5.91 Å². The molecule has 45 heavy (non-hydrogen) atoms. The molecule has 1 saturated heterocycles. The van der Waals surface area contributed by atoms with Gasteiger partial charge in [0.15, 0.2) is 5.82 Å². The summed E-state index contributed by atoms with van der Waals surface area (Å²) in [4.78, 5) is 27.1. The van der Waals surface area contributed by atoms with Gasteiger partial charge in [-0.25, -0.2) is 22.0 Å². The van der Waals surface area contributed by atoms with Crippen molar-refractivity contribution in [3.63, 3.8) is 0 Å². The summed E-state index contributed by atoms with van der Waals surface area (Å²) in [5.41, 5.74) is 1.07. The van der Waals surface area contributed by atoms with Crippen LogP contribution >= 0.6 is 0 Å². The molecule has 242 valence electrons. The number of carbonyl (C=O) groups is 2. The number of benzene rings is 2. The van der Waals surface area contributed by atoms with Gasteiger partial charge in [-0.1, -0.05) is 0 Å².